The number of hydrogen-bond donors (Lipinski definition) is 1. The molecule has 2 amide bonds. The van der Waals surface area contributed by atoms with Crippen molar-refractivity contribution < 1.29 is 23.8 Å². The van der Waals surface area contributed by atoms with Crippen LogP contribution in [0.15, 0.2) is 36.5 Å². The van der Waals surface area contributed by atoms with E-state index in [0.29, 0.717) is 29.5 Å². The van der Waals surface area contributed by atoms with Crippen LogP contribution in [0, 0.1) is 5.92 Å². The molecule has 2 aromatic rings. The summed E-state index contributed by atoms with van der Waals surface area (Å²) in [7, 11) is 1.69. The lowest BCUT2D eigenvalue weighted by Crippen LogP contribution is -2.25. The summed E-state index contributed by atoms with van der Waals surface area (Å²) in [6.07, 6.45) is 1.78. The van der Waals surface area contributed by atoms with Crippen LogP contribution >= 0.6 is 0 Å². The lowest BCUT2D eigenvalue weighted by atomic mass is 10.1. The number of carbonyl (C=O) groups excluding carboxylic acids is 2. The van der Waals surface area contributed by atoms with E-state index >= 15 is 0 Å². The first kappa shape index (κ1) is 16.2. The van der Waals surface area contributed by atoms with Crippen molar-refractivity contribution >= 4 is 17.5 Å². The van der Waals surface area contributed by atoms with Crippen LogP contribution in [0.25, 0.3) is 0 Å². The van der Waals surface area contributed by atoms with Crippen molar-refractivity contribution in [1.29, 1.82) is 0 Å². The number of ether oxygens (including phenoxy) is 3. The number of aromatic nitrogens is 1. The fraction of sp³-hybridized carbons (Fsp3) is 0.278. The molecule has 1 saturated heterocycles. The number of nitrogens with zero attached hydrogens (tertiary/aromatic N) is 2. The molecule has 0 saturated carbocycles. The van der Waals surface area contributed by atoms with Crippen molar-refractivity contribution in [2.75, 3.05) is 25.7 Å². The van der Waals surface area contributed by atoms with Gasteiger partial charge in [0.2, 0.25) is 24.5 Å². The molecular formula is C18H17N3O5. The number of amides is 2. The van der Waals surface area contributed by atoms with Crippen LogP contribution in [0.2, 0.25) is 0 Å². The second kappa shape index (κ2) is 6.55. The number of fused-ring (bicyclic) bond motifs is 1. The number of benzene rings is 1. The summed E-state index contributed by atoms with van der Waals surface area (Å²) in [5.74, 6) is 1.38. The third kappa shape index (κ3) is 3.13. The predicted octanol–water partition coefficient (Wildman–Crippen LogP) is 2.02. The van der Waals surface area contributed by atoms with Gasteiger partial charge in [0.05, 0.1) is 5.92 Å². The number of carbonyl (C=O) groups is 2. The van der Waals surface area contributed by atoms with E-state index in [1.165, 1.54) is 0 Å². The standard InChI is InChI=1S/C18H17N3O5/c1-21-9-11(7-16(21)22)17(23)20-13-3-2-6-19-18(13)26-12-4-5-14-15(8-12)25-10-24-14/h2-6,8,11H,7,9-10H2,1H3,(H,20,23)/t11-/m1/s1. The Balaban J connectivity index is 1.50. The molecule has 1 fully saturated rings. The first-order valence-electron chi connectivity index (χ1n) is 8.17. The number of likely N-dealkylation sites (tertiary alicyclic amines) is 1. The SMILES string of the molecule is CN1C[C@H](C(=O)Nc2cccnc2Oc2ccc3c(c2)OCO3)CC1=O. The molecule has 0 aliphatic carbocycles. The Hall–Kier alpha value is -3.29. The van der Waals surface area contributed by atoms with E-state index in [2.05, 4.69) is 10.3 Å². The van der Waals surface area contributed by atoms with E-state index in [1.807, 2.05) is 0 Å². The van der Waals surface area contributed by atoms with Gasteiger partial charge < -0.3 is 24.4 Å². The molecule has 3 heterocycles. The predicted molar refractivity (Wildman–Crippen MR) is 91.2 cm³/mol. The van der Waals surface area contributed by atoms with Crippen LogP contribution in [0.4, 0.5) is 5.69 Å². The summed E-state index contributed by atoms with van der Waals surface area (Å²) < 4.78 is 16.4. The molecule has 0 unspecified atom stereocenters. The lowest BCUT2D eigenvalue weighted by molar-refractivity contribution is -0.127. The zero-order chi connectivity index (χ0) is 18.1. The quantitative estimate of drug-likeness (QED) is 0.902. The highest BCUT2D eigenvalue weighted by molar-refractivity contribution is 5.97. The molecule has 8 nitrogen and oxygen atoms in total. The van der Waals surface area contributed by atoms with Gasteiger partial charge in [0.15, 0.2) is 11.5 Å². The number of nitrogens with one attached hydrogen (secondary N) is 1. The van der Waals surface area contributed by atoms with Gasteiger partial charge in [0.25, 0.3) is 0 Å². The van der Waals surface area contributed by atoms with E-state index < -0.39 is 0 Å². The molecule has 26 heavy (non-hydrogen) atoms. The van der Waals surface area contributed by atoms with Gasteiger partial charge in [-0.2, -0.15) is 0 Å². The molecular weight excluding hydrogens is 338 g/mol. The zero-order valence-electron chi connectivity index (χ0n) is 14.1. The second-order valence-corrected chi connectivity index (χ2v) is 6.14. The van der Waals surface area contributed by atoms with Gasteiger partial charge >= 0.3 is 0 Å². The van der Waals surface area contributed by atoms with Crippen molar-refractivity contribution in [3.05, 3.63) is 36.5 Å². The number of anilines is 1. The van der Waals surface area contributed by atoms with Gasteiger partial charge in [-0.25, -0.2) is 4.98 Å². The normalized spacial score (nSPS) is 18.1. The minimum Gasteiger partial charge on any atom is -0.454 e. The van der Waals surface area contributed by atoms with E-state index in [4.69, 9.17) is 14.2 Å². The topological polar surface area (TPSA) is 90.0 Å². The first-order chi connectivity index (χ1) is 12.6. The first-order valence-corrected chi connectivity index (χ1v) is 8.17. The maximum atomic E-state index is 12.5. The van der Waals surface area contributed by atoms with Gasteiger partial charge in [-0.3, -0.25) is 9.59 Å². The smallest absolute Gasteiger partial charge is 0.243 e. The molecule has 134 valence electrons. The summed E-state index contributed by atoms with van der Waals surface area (Å²) in [5.41, 5.74) is 0.442. The highest BCUT2D eigenvalue weighted by atomic mass is 16.7. The van der Waals surface area contributed by atoms with Gasteiger partial charge in [0.1, 0.15) is 11.4 Å². The molecule has 0 radical (unpaired) electrons. The Labute approximate surface area is 149 Å². The number of pyridine rings is 1. The molecule has 2 aliphatic heterocycles. The molecule has 1 aromatic carbocycles. The van der Waals surface area contributed by atoms with Crippen LogP contribution in [0.3, 0.4) is 0 Å². The Morgan fingerprint density at radius 3 is 2.96 bits per heavy atom. The summed E-state index contributed by atoms with van der Waals surface area (Å²) >= 11 is 0. The van der Waals surface area contributed by atoms with E-state index in [1.54, 1.807) is 48.5 Å². The molecule has 2 aliphatic rings. The van der Waals surface area contributed by atoms with Crippen LogP contribution in [-0.2, 0) is 9.59 Å². The van der Waals surface area contributed by atoms with E-state index in [9.17, 15) is 9.59 Å². The summed E-state index contributed by atoms with van der Waals surface area (Å²) in [4.78, 5) is 29.8. The van der Waals surface area contributed by atoms with Crippen molar-refractivity contribution in [3.8, 4) is 23.1 Å². The van der Waals surface area contributed by atoms with Crippen molar-refractivity contribution in [2.45, 2.75) is 6.42 Å². The lowest BCUT2D eigenvalue weighted by Gasteiger charge is -2.14. The summed E-state index contributed by atoms with van der Waals surface area (Å²) in [6.45, 7) is 0.585. The Kier molecular flexibility index (Phi) is 4.08. The minimum absolute atomic E-state index is 0.0341. The highest BCUT2D eigenvalue weighted by Gasteiger charge is 2.32. The maximum absolute atomic E-state index is 12.5. The molecule has 0 spiro atoms. The van der Waals surface area contributed by atoms with Gasteiger partial charge in [-0.05, 0) is 24.3 Å². The largest absolute Gasteiger partial charge is 0.454 e. The molecule has 8 heteroatoms. The second-order valence-electron chi connectivity index (χ2n) is 6.14. The average Bonchev–Trinajstić information content (AvgIpc) is 3.23. The third-order valence-electron chi connectivity index (χ3n) is 4.30. The van der Waals surface area contributed by atoms with Gasteiger partial charge in [0, 0.05) is 32.3 Å². The van der Waals surface area contributed by atoms with E-state index in [-0.39, 0.29) is 36.8 Å². The number of rotatable bonds is 4. The van der Waals surface area contributed by atoms with Crippen LogP contribution in [0.5, 0.6) is 23.1 Å². The molecule has 1 N–H and O–H groups in total. The molecule has 0 bridgehead atoms. The van der Waals surface area contributed by atoms with Crippen LogP contribution in [-0.4, -0.2) is 42.1 Å². The highest BCUT2D eigenvalue weighted by Crippen LogP contribution is 2.37. The molecule has 4 rings (SSSR count). The summed E-state index contributed by atoms with van der Waals surface area (Å²) in [6, 6.07) is 8.59. The van der Waals surface area contributed by atoms with E-state index in [0.717, 1.165) is 0 Å². The average molecular weight is 355 g/mol. The van der Waals surface area contributed by atoms with Crippen LogP contribution < -0.4 is 19.5 Å². The van der Waals surface area contributed by atoms with Gasteiger partial charge in [-0.15, -0.1) is 0 Å². The fourth-order valence-electron chi connectivity index (χ4n) is 2.89. The van der Waals surface area contributed by atoms with Crippen molar-refractivity contribution in [3.63, 3.8) is 0 Å². The van der Waals surface area contributed by atoms with Crippen LogP contribution in [0.1, 0.15) is 6.42 Å². The van der Waals surface area contributed by atoms with Crippen molar-refractivity contribution in [2.24, 2.45) is 5.92 Å². The molecule has 1 atom stereocenters. The Bertz CT molecular complexity index is 870. The monoisotopic (exact) mass is 355 g/mol. The van der Waals surface area contributed by atoms with Crippen molar-refractivity contribution in [1.82, 2.24) is 9.88 Å². The van der Waals surface area contributed by atoms with Gasteiger partial charge in [-0.1, -0.05) is 0 Å². The Morgan fingerprint density at radius 2 is 2.15 bits per heavy atom. The maximum Gasteiger partial charge on any atom is 0.243 e. The molecule has 1 aromatic heterocycles. The minimum atomic E-state index is -0.383. The third-order valence-corrected chi connectivity index (χ3v) is 4.30. The fourth-order valence-corrected chi connectivity index (χ4v) is 2.89. The Morgan fingerprint density at radius 1 is 1.31 bits per heavy atom. The zero-order valence-corrected chi connectivity index (χ0v) is 14.1. The number of hydrogen-bond acceptors (Lipinski definition) is 6. The summed E-state index contributed by atoms with van der Waals surface area (Å²) in [5, 5.41) is 2.80.